The van der Waals surface area contributed by atoms with Crippen LogP contribution < -0.4 is 10.6 Å². The fourth-order valence-electron chi connectivity index (χ4n) is 1.98. The molecule has 0 spiro atoms. The van der Waals surface area contributed by atoms with E-state index in [0.29, 0.717) is 5.69 Å². The average molecular weight is 268 g/mol. The second-order valence-corrected chi connectivity index (χ2v) is 4.61. The lowest BCUT2D eigenvalue weighted by Gasteiger charge is -2.11. The third-order valence-electron chi connectivity index (χ3n) is 2.90. The standard InChI is InChI=1S/C12H14ClN3O2/c13-10-9(6-3-7-14-10)16-12(18)11(17)15-8-4-1-2-5-8/h3,6-8H,1-2,4-5H2,(H,15,17)(H,16,18). The lowest BCUT2D eigenvalue weighted by Crippen LogP contribution is -2.40. The second-order valence-electron chi connectivity index (χ2n) is 4.25. The predicted molar refractivity (Wildman–Crippen MR) is 68.3 cm³/mol. The Labute approximate surface area is 110 Å². The van der Waals surface area contributed by atoms with E-state index in [9.17, 15) is 9.59 Å². The number of rotatable bonds is 2. The van der Waals surface area contributed by atoms with Crippen LogP contribution in [0.15, 0.2) is 18.3 Å². The highest BCUT2D eigenvalue weighted by Crippen LogP contribution is 2.18. The van der Waals surface area contributed by atoms with Crippen LogP contribution >= 0.6 is 11.6 Å². The number of aromatic nitrogens is 1. The Bertz CT molecular complexity index is 458. The summed E-state index contributed by atoms with van der Waals surface area (Å²) >= 11 is 5.79. The first-order valence-electron chi connectivity index (χ1n) is 5.89. The zero-order chi connectivity index (χ0) is 13.0. The molecule has 1 aliphatic carbocycles. The van der Waals surface area contributed by atoms with Gasteiger partial charge in [-0.25, -0.2) is 4.98 Å². The van der Waals surface area contributed by atoms with Gasteiger partial charge >= 0.3 is 11.8 Å². The average Bonchev–Trinajstić information content (AvgIpc) is 2.84. The second kappa shape index (κ2) is 5.82. The fourth-order valence-corrected chi connectivity index (χ4v) is 2.15. The molecule has 1 fully saturated rings. The van der Waals surface area contributed by atoms with E-state index >= 15 is 0 Å². The Morgan fingerprint density at radius 2 is 2.00 bits per heavy atom. The fraction of sp³-hybridized carbons (Fsp3) is 0.417. The Hall–Kier alpha value is -1.62. The largest absolute Gasteiger partial charge is 0.345 e. The molecular weight excluding hydrogens is 254 g/mol. The summed E-state index contributed by atoms with van der Waals surface area (Å²) in [5, 5.41) is 5.31. The molecule has 0 aromatic carbocycles. The van der Waals surface area contributed by atoms with Crippen LogP contribution in [0.2, 0.25) is 5.15 Å². The van der Waals surface area contributed by atoms with Gasteiger partial charge in [0.15, 0.2) is 5.15 Å². The highest BCUT2D eigenvalue weighted by molar-refractivity contribution is 6.41. The van der Waals surface area contributed by atoms with Gasteiger partial charge in [0.25, 0.3) is 0 Å². The van der Waals surface area contributed by atoms with Crippen LogP contribution in [0.3, 0.4) is 0 Å². The van der Waals surface area contributed by atoms with E-state index in [1.807, 2.05) is 0 Å². The molecule has 96 valence electrons. The third-order valence-corrected chi connectivity index (χ3v) is 3.21. The maximum atomic E-state index is 11.6. The van der Waals surface area contributed by atoms with Crippen LogP contribution in [-0.4, -0.2) is 22.8 Å². The highest BCUT2D eigenvalue weighted by Gasteiger charge is 2.21. The molecule has 1 aliphatic rings. The molecule has 0 radical (unpaired) electrons. The monoisotopic (exact) mass is 267 g/mol. The summed E-state index contributed by atoms with van der Waals surface area (Å²) in [4.78, 5) is 27.1. The van der Waals surface area contributed by atoms with Gasteiger partial charge in [0.2, 0.25) is 0 Å². The number of carbonyl (C=O) groups is 2. The van der Waals surface area contributed by atoms with Gasteiger partial charge in [0.05, 0.1) is 5.69 Å². The van der Waals surface area contributed by atoms with E-state index in [1.165, 1.54) is 6.20 Å². The van der Waals surface area contributed by atoms with Crippen molar-refractivity contribution in [2.75, 3.05) is 5.32 Å². The minimum absolute atomic E-state index is 0.118. The van der Waals surface area contributed by atoms with Crippen LogP contribution in [0.25, 0.3) is 0 Å². The maximum Gasteiger partial charge on any atom is 0.313 e. The molecule has 1 saturated carbocycles. The minimum atomic E-state index is -0.711. The smallest absolute Gasteiger partial charge is 0.313 e. The molecule has 0 atom stereocenters. The van der Waals surface area contributed by atoms with Gasteiger partial charge < -0.3 is 10.6 Å². The van der Waals surface area contributed by atoms with Crippen molar-refractivity contribution in [3.8, 4) is 0 Å². The summed E-state index contributed by atoms with van der Waals surface area (Å²) in [6, 6.07) is 3.35. The van der Waals surface area contributed by atoms with Crippen molar-refractivity contribution >= 4 is 29.1 Å². The predicted octanol–water partition coefficient (Wildman–Crippen LogP) is 1.73. The van der Waals surface area contributed by atoms with Gasteiger partial charge in [0, 0.05) is 12.2 Å². The summed E-state index contributed by atoms with van der Waals surface area (Å²) < 4.78 is 0. The summed E-state index contributed by atoms with van der Waals surface area (Å²) in [6.07, 6.45) is 5.58. The molecule has 2 amide bonds. The molecule has 0 aliphatic heterocycles. The van der Waals surface area contributed by atoms with Crippen LogP contribution in [0.5, 0.6) is 0 Å². The molecule has 6 heteroatoms. The molecule has 2 N–H and O–H groups in total. The van der Waals surface area contributed by atoms with Gasteiger partial charge in [-0.15, -0.1) is 0 Å². The number of anilines is 1. The molecule has 1 aromatic rings. The van der Waals surface area contributed by atoms with Gasteiger partial charge in [0.1, 0.15) is 0 Å². The number of amides is 2. The Morgan fingerprint density at radius 1 is 1.28 bits per heavy atom. The number of nitrogens with one attached hydrogen (secondary N) is 2. The first-order valence-corrected chi connectivity index (χ1v) is 6.27. The van der Waals surface area contributed by atoms with E-state index in [4.69, 9.17) is 11.6 Å². The molecule has 1 heterocycles. The van der Waals surface area contributed by atoms with Crippen LogP contribution in [0.4, 0.5) is 5.69 Å². The van der Waals surface area contributed by atoms with Crippen molar-refractivity contribution in [3.63, 3.8) is 0 Å². The van der Waals surface area contributed by atoms with Crippen LogP contribution in [0.1, 0.15) is 25.7 Å². The van der Waals surface area contributed by atoms with Gasteiger partial charge in [-0.3, -0.25) is 9.59 Å². The van der Waals surface area contributed by atoms with Crippen molar-refractivity contribution < 1.29 is 9.59 Å². The molecule has 2 rings (SSSR count). The topological polar surface area (TPSA) is 71.1 Å². The van der Waals surface area contributed by atoms with Crippen LogP contribution in [-0.2, 0) is 9.59 Å². The Kier molecular flexibility index (Phi) is 4.15. The molecule has 0 bridgehead atoms. The van der Waals surface area contributed by atoms with Crippen molar-refractivity contribution in [3.05, 3.63) is 23.5 Å². The number of nitrogens with zero attached hydrogens (tertiary/aromatic N) is 1. The van der Waals surface area contributed by atoms with Crippen molar-refractivity contribution in [2.45, 2.75) is 31.7 Å². The van der Waals surface area contributed by atoms with Crippen molar-refractivity contribution in [1.82, 2.24) is 10.3 Å². The zero-order valence-corrected chi connectivity index (χ0v) is 10.5. The number of halogens is 1. The normalized spacial score (nSPS) is 15.4. The lowest BCUT2D eigenvalue weighted by molar-refractivity contribution is -0.136. The maximum absolute atomic E-state index is 11.6. The van der Waals surface area contributed by atoms with Crippen molar-refractivity contribution in [2.24, 2.45) is 0 Å². The van der Waals surface area contributed by atoms with Gasteiger partial charge in [-0.05, 0) is 25.0 Å². The van der Waals surface area contributed by atoms with E-state index in [1.54, 1.807) is 12.1 Å². The molecule has 0 saturated heterocycles. The van der Waals surface area contributed by atoms with Gasteiger partial charge in [-0.1, -0.05) is 24.4 Å². The number of hydrogen-bond acceptors (Lipinski definition) is 3. The SMILES string of the molecule is O=C(Nc1cccnc1Cl)C(=O)NC1CCCC1. The highest BCUT2D eigenvalue weighted by atomic mass is 35.5. The summed E-state index contributed by atoms with van der Waals surface area (Å²) in [7, 11) is 0. The van der Waals surface area contributed by atoms with Gasteiger partial charge in [-0.2, -0.15) is 0 Å². The van der Waals surface area contributed by atoms with Crippen LogP contribution in [0, 0.1) is 0 Å². The Morgan fingerprint density at radius 3 is 2.67 bits per heavy atom. The third kappa shape index (κ3) is 3.20. The quantitative estimate of drug-likeness (QED) is 0.633. The number of carbonyl (C=O) groups excluding carboxylic acids is 2. The molecule has 18 heavy (non-hydrogen) atoms. The first-order chi connectivity index (χ1) is 8.66. The molecule has 5 nitrogen and oxygen atoms in total. The lowest BCUT2D eigenvalue weighted by atomic mass is 10.2. The Balaban J connectivity index is 1.91. The van der Waals surface area contributed by atoms with E-state index in [-0.39, 0.29) is 11.2 Å². The van der Waals surface area contributed by atoms with E-state index in [0.717, 1.165) is 25.7 Å². The molecular formula is C12H14ClN3O2. The molecule has 1 aromatic heterocycles. The summed E-state index contributed by atoms with van der Waals surface area (Å²) in [6.45, 7) is 0. The summed E-state index contributed by atoms with van der Waals surface area (Å²) in [5.41, 5.74) is 0.339. The number of pyridine rings is 1. The summed E-state index contributed by atoms with van der Waals surface area (Å²) in [5.74, 6) is -1.33. The number of hydrogen-bond donors (Lipinski definition) is 2. The van der Waals surface area contributed by atoms with E-state index in [2.05, 4.69) is 15.6 Å². The first kappa shape index (κ1) is 12.8. The molecule has 0 unspecified atom stereocenters. The minimum Gasteiger partial charge on any atom is -0.345 e. The zero-order valence-electron chi connectivity index (χ0n) is 9.78. The van der Waals surface area contributed by atoms with E-state index < -0.39 is 11.8 Å². The van der Waals surface area contributed by atoms with Crippen molar-refractivity contribution in [1.29, 1.82) is 0 Å².